The number of halogens is 3. The third kappa shape index (κ3) is 5.09. The number of nitrogens with one attached hydrogen (secondary N) is 1. The maximum absolute atomic E-state index is 11.0. The van der Waals surface area contributed by atoms with Crippen LogP contribution in [0, 0.1) is 0 Å². The fourth-order valence-corrected chi connectivity index (χ4v) is 1.47. The molecule has 0 bridgehead atoms. The number of carboxylic acid groups (broad SMARTS) is 1. The summed E-state index contributed by atoms with van der Waals surface area (Å²) in [5.74, 6) is -2.20. The molecule has 0 saturated heterocycles. The number of amides is 1. The SMILES string of the molecule is C=CC(=O)NCc1nc2cccnc2n1C.O=C(O)C(F)(F)F. The van der Waals surface area contributed by atoms with Crippen LogP contribution in [0.1, 0.15) is 5.82 Å². The lowest BCUT2D eigenvalue weighted by Crippen LogP contribution is -2.21. The minimum atomic E-state index is -5.08. The second-order valence-corrected chi connectivity index (χ2v) is 4.16. The van der Waals surface area contributed by atoms with Crippen LogP contribution in [0.15, 0.2) is 31.0 Å². The Balaban J connectivity index is 0.000000322. The van der Waals surface area contributed by atoms with Crippen molar-refractivity contribution in [3.05, 3.63) is 36.8 Å². The van der Waals surface area contributed by atoms with Crippen molar-refractivity contribution in [1.29, 1.82) is 0 Å². The minimum absolute atomic E-state index is 0.208. The largest absolute Gasteiger partial charge is 0.490 e. The lowest BCUT2D eigenvalue weighted by Gasteiger charge is -2.02. The Kier molecular flexibility index (Phi) is 5.82. The van der Waals surface area contributed by atoms with Crippen molar-refractivity contribution in [3.8, 4) is 0 Å². The van der Waals surface area contributed by atoms with Gasteiger partial charge in [0.2, 0.25) is 5.91 Å². The van der Waals surface area contributed by atoms with Gasteiger partial charge in [0.05, 0.1) is 6.54 Å². The molecular formula is C13H13F3N4O3. The number of rotatable bonds is 3. The molecule has 0 aromatic carbocycles. The zero-order chi connectivity index (χ0) is 17.6. The van der Waals surface area contributed by atoms with Crippen molar-refractivity contribution in [1.82, 2.24) is 19.9 Å². The van der Waals surface area contributed by atoms with Crippen molar-refractivity contribution < 1.29 is 27.9 Å². The molecule has 0 unspecified atom stereocenters. The van der Waals surface area contributed by atoms with E-state index in [2.05, 4.69) is 21.9 Å². The number of hydrogen-bond donors (Lipinski definition) is 2. The van der Waals surface area contributed by atoms with E-state index in [0.29, 0.717) is 6.54 Å². The van der Waals surface area contributed by atoms with E-state index in [1.807, 2.05) is 23.7 Å². The van der Waals surface area contributed by atoms with Gasteiger partial charge >= 0.3 is 12.1 Å². The molecule has 2 N–H and O–H groups in total. The summed E-state index contributed by atoms with van der Waals surface area (Å²) in [5, 5.41) is 9.81. The number of carboxylic acids is 1. The Morgan fingerprint density at radius 1 is 1.48 bits per heavy atom. The lowest BCUT2D eigenvalue weighted by molar-refractivity contribution is -0.192. The minimum Gasteiger partial charge on any atom is -0.475 e. The molecule has 2 aromatic heterocycles. The predicted octanol–water partition coefficient (Wildman–Crippen LogP) is 1.40. The predicted molar refractivity (Wildman–Crippen MR) is 74.2 cm³/mol. The quantitative estimate of drug-likeness (QED) is 0.829. The summed E-state index contributed by atoms with van der Waals surface area (Å²) in [6.07, 6.45) is -2.13. The van der Waals surface area contributed by atoms with Gasteiger partial charge in [-0.1, -0.05) is 6.58 Å². The summed E-state index contributed by atoms with van der Waals surface area (Å²) >= 11 is 0. The van der Waals surface area contributed by atoms with E-state index in [0.717, 1.165) is 17.0 Å². The maximum atomic E-state index is 11.0. The first kappa shape index (κ1) is 18.1. The highest BCUT2D eigenvalue weighted by Crippen LogP contribution is 2.13. The van der Waals surface area contributed by atoms with Gasteiger partial charge in [0.25, 0.3) is 0 Å². The summed E-state index contributed by atoms with van der Waals surface area (Å²) in [6, 6.07) is 3.72. The average Bonchev–Trinajstić information content (AvgIpc) is 2.81. The molecule has 23 heavy (non-hydrogen) atoms. The summed E-state index contributed by atoms with van der Waals surface area (Å²) in [4.78, 5) is 28.5. The lowest BCUT2D eigenvalue weighted by atomic mass is 10.4. The third-order valence-corrected chi connectivity index (χ3v) is 2.57. The van der Waals surface area contributed by atoms with E-state index >= 15 is 0 Å². The van der Waals surface area contributed by atoms with Gasteiger partial charge in [-0.05, 0) is 18.2 Å². The molecule has 124 valence electrons. The van der Waals surface area contributed by atoms with Gasteiger partial charge in [0.15, 0.2) is 5.65 Å². The number of pyridine rings is 1. The van der Waals surface area contributed by atoms with E-state index in [1.165, 1.54) is 6.08 Å². The fourth-order valence-electron chi connectivity index (χ4n) is 1.47. The molecule has 1 amide bonds. The second kappa shape index (κ2) is 7.38. The monoisotopic (exact) mass is 330 g/mol. The van der Waals surface area contributed by atoms with Gasteiger partial charge < -0.3 is 15.0 Å². The standard InChI is InChI=1S/C11H12N4O.C2HF3O2/c1-3-10(16)13-7-9-14-8-5-4-6-12-11(8)15(9)2;3-2(4,5)1(6)7/h3-6H,1,7H2,2H3,(H,13,16);(H,6,7). The van der Waals surface area contributed by atoms with Crippen molar-refractivity contribution >= 4 is 23.0 Å². The van der Waals surface area contributed by atoms with E-state index in [9.17, 15) is 18.0 Å². The van der Waals surface area contributed by atoms with Crippen LogP contribution in [0.5, 0.6) is 0 Å². The molecule has 7 nitrogen and oxygen atoms in total. The van der Waals surface area contributed by atoms with E-state index in [4.69, 9.17) is 9.90 Å². The van der Waals surface area contributed by atoms with Crippen LogP contribution in [-0.2, 0) is 23.2 Å². The Morgan fingerprint density at radius 3 is 2.57 bits per heavy atom. The molecule has 0 radical (unpaired) electrons. The first-order valence-electron chi connectivity index (χ1n) is 6.13. The number of imidazole rings is 1. The van der Waals surface area contributed by atoms with Crippen LogP contribution in [0.4, 0.5) is 13.2 Å². The number of aliphatic carboxylic acids is 1. The molecule has 2 aromatic rings. The number of carbonyl (C=O) groups is 2. The Hall–Kier alpha value is -2.91. The molecule has 0 fully saturated rings. The summed E-state index contributed by atoms with van der Waals surface area (Å²) < 4.78 is 33.6. The molecular weight excluding hydrogens is 317 g/mol. The van der Waals surface area contributed by atoms with Crippen molar-refractivity contribution in [2.24, 2.45) is 7.05 Å². The van der Waals surface area contributed by atoms with Crippen LogP contribution >= 0.6 is 0 Å². The Bertz CT molecular complexity index is 725. The maximum Gasteiger partial charge on any atom is 0.490 e. The highest BCUT2D eigenvalue weighted by molar-refractivity contribution is 5.86. The zero-order valence-corrected chi connectivity index (χ0v) is 12.0. The first-order chi connectivity index (χ1) is 10.7. The number of carbonyl (C=O) groups excluding carboxylic acids is 1. The first-order valence-corrected chi connectivity index (χ1v) is 6.13. The van der Waals surface area contributed by atoms with Crippen LogP contribution in [0.25, 0.3) is 11.2 Å². The molecule has 0 aliphatic rings. The zero-order valence-electron chi connectivity index (χ0n) is 12.0. The summed E-state index contributed by atoms with van der Waals surface area (Å²) in [5.41, 5.74) is 1.64. The molecule has 0 atom stereocenters. The fraction of sp³-hybridized carbons (Fsp3) is 0.231. The number of fused-ring (bicyclic) bond motifs is 1. The Morgan fingerprint density at radius 2 is 2.09 bits per heavy atom. The molecule has 0 aliphatic heterocycles. The van der Waals surface area contributed by atoms with Crippen molar-refractivity contribution in [2.75, 3.05) is 0 Å². The van der Waals surface area contributed by atoms with Crippen LogP contribution in [-0.4, -0.2) is 37.7 Å². The van der Waals surface area contributed by atoms with Gasteiger partial charge in [-0.3, -0.25) is 4.79 Å². The van der Waals surface area contributed by atoms with E-state index in [1.54, 1.807) is 6.20 Å². The van der Waals surface area contributed by atoms with E-state index < -0.39 is 12.1 Å². The number of aryl methyl sites for hydroxylation is 1. The van der Waals surface area contributed by atoms with Crippen LogP contribution in [0.3, 0.4) is 0 Å². The number of nitrogens with zero attached hydrogens (tertiary/aromatic N) is 3. The van der Waals surface area contributed by atoms with Gasteiger partial charge in [0.1, 0.15) is 11.3 Å². The second-order valence-electron chi connectivity index (χ2n) is 4.16. The average molecular weight is 330 g/mol. The van der Waals surface area contributed by atoms with E-state index in [-0.39, 0.29) is 5.91 Å². The molecule has 10 heteroatoms. The number of aromatic nitrogens is 3. The van der Waals surface area contributed by atoms with Crippen molar-refractivity contribution in [2.45, 2.75) is 12.7 Å². The molecule has 2 heterocycles. The van der Waals surface area contributed by atoms with Crippen LogP contribution in [0.2, 0.25) is 0 Å². The van der Waals surface area contributed by atoms with Crippen LogP contribution < -0.4 is 5.32 Å². The summed E-state index contributed by atoms with van der Waals surface area (Å²) in [7, 11) is 1.87. The molecule has 0 saturated carbocycles. The molecule has 2 rings (SSSR count). The molecule has 0 aliphatic carbocycles. The highest BCUT2D eigenvalue weighted by atomic mass is 19.4. The molecule has 0 spiro atoms. The smallest absolute Gasteiger partial charge is 0.475 e. The Labute approximate surface area is 128 Å². The van der Waals surface area contributed by atoms with Gasteiger partial charge in [-0.2, -0.15) is 13.2 Å². The topological polar surface area (TPSA) is 97.1 Å². The van der Waals surface area contributed by atoms with Gasteiger partial charge in [-0.25, -0.2) is 14.8 Å². The normalized spacial score (nSPS) is 10.6. The van der Waals surface area contributed by atoms with Gasteiger partial charge in [-0.15, -0.1) is 0 Å². The summed E-state index contributed by atoms with van der Waals surface area (Å²) in [6.45, 7) is 3.76. The third-order valence-electron chi connectivity index (χ3n) is 2.57. The number of hydrogen-bond acceptors (Lipinski definition) is 4. The van der Waals surface area contributed by atoms with Crippen molar-refractivity contribution in [3.63, 3.8) is 0 Å². The number of alkyl halides is 3. The highest BCUT2D eigenvalue weighted by Gasteiger charge is 2.38. The van der Waals surface area contributed by atoms with Gasteiger partial charge in [0, 0.05) is 13.2 Å².